The third-order valence-corrected chi connectivity index (χ3v) is 3.25. The van der Waals surface area contributed by atoms with E-state index >= 15 is 0 Å². The summed E-state index contributed by atoms with van der Waals surface area (Å²) in [5.74, 6) is 1.79. The van der Waals surface area contributed by atoms with Crippen LogP contribution in [0.4, 0.5) is 5.82 Å². The molecule has 0 aliphatic heterocycles. The van der Waals surface area contributed by atoms with Crippen LogP contribution < -0.4 is 5.32 Å². The lowest BCUT2D eigenvalue weighted by atomic mass is 10.1. The van der Waals surface area contributed by atoms with Crippen LogP contribution in [0.3, 0.4) is 0 Å². The second-order valence-corrected chi connectivity index (χ2v) is 4.91. The minimum absolute atomic E-state index is 0.110. The Bertz CT molecular complexity index is 444. The fourth-order valence-corrected chi connectivity index (χ4v) is 1.94. The minimum atomic E-state index is -0.503. The van der Waals surface area contributed by atoms with Gasteiger partial charge in [-0.15, -0.1) is 0 Å². The number of anilines is 1. The van der Waals surface area contributed by atoms with E-state index in [0.29, 0.717) is 11.7 Å². The van der Waals surface area contributed by atoms with Crippen molar-refractivity contribution in [1.29, 1.82) is 0 Å². The van der Waals surface area contributed by atoms with E-state index in [1.807, 2.05) is 13.0 Å². The average Bonchev–Trinajstić information content (AvgIpc) is 3.18. The van der Waals surface area contributed by atoms with Gasteiger partial charge in [-0.25, -0.2) is 14.8 Å². The molecule has 0 aromatic carbocycles. The number of carbonyl (C=O) groups is 1. The molecule has 5 heteroatoms. The van der Waals surface area contributed by atoms with Gasteiger partial charge < -0.3 is 10.1 Å². The Morgan fingerprint density at radius 1 is 1.56 bits per heavy atom. The Labute approximate surface area is 107 Å². The van der Waals surface area contributed by atoms with E-state index in [4.69, 9.17) is 0 Å². The zero-order valence-electron chi connectivity index (χ0n) is 11.1. The number of carbonyl (C=O) groups excluding carboxylic acids is 1. The van der Waals surface area contributed by atoms with Crippen LogP contribution in [0.25, 0.3) is 0 Å². The van der Waals surface area contributed by atoms with Gasteiger partial charge in [0.2, 0.25) is 5.82 Å². The molecule has 1 saturated carbocycles. The third-order valence-electron chi connectivity index (χ3n) is 3.25. The summed E-state index contributed by atoms with van der Waals surface area (Å²) < 4.78 is 4.63. The number of rotatable bonds is 5. The molecule has 1 aliphatic carbocycles. The van der Waals surface area contributed by atoms with Crippen molar-refractivity contribution in [2.45, 2.75) is 26.7 Å². The maximum atomic E-state index is 11.4. The molecular formula is C13H19N3O2. The van der Waals surface area contributed by atoms with Gasteiger partial charge >= 0.3 is 5.97 Å². The average molecular weight is 249 g/mol. The van der Waals surface area contributed by atoms with Crippen molar-refractivity contribution < 1.29 is 9.53 Å². The van der Waals surface area contributed by atoms with E-state index in [1.54, 1.807) is 0 Å². The van der Waals surface area contributed by atoms with Crippen molar-refractivity contribution in [3.8, 4) is 0 Å². The first-order chi connectivity index (χ1) is 8.60. The standard InChI is InChI=1S/C13H19N3O2/c1-8(10-4-5-10)7-14-11-6-9(2)15-12(16-11)13(17)18-3/h6,8,10H,4-5,7H2,1-3H3,(H,14,15,16). The van der Waals surface area contributed by atoms with Crippen molar-refractivity contribution in [2.75, 3.05) is 19.0 Å². The highest BCUT2D eigenvalue weighted by Gasteiger charge is 2.27. The fourth-order valence-electron chi connectivity index (χ4n) is 1.94. The largest absolute Gasteiger partial charge is 0.463 e. The molecule has 0 bridgehead atoms. The first-order valence-electron chi connectivity index (χ1n) is 6.28. The highest BCUT2D eigenvalue weighted by atomic mass is 16.5. The smallest absolute Gasteiger partial charge is 0.376 e. The molecule has 98 valence electrons. The maximum Gasteiger partial charge on any atom is 0.376 e. The number of aryl methyl sites for hydroxylation is 1. The van der Waals surface area contributed by atoms with Crippen molar-refractivity contribution in [3.05, 3.63) is 17.6 Å². The zero-order valence-corrected chi connectivity index (χ0v) is 11.1. The Balaban J connectivity index is 2.02. The molecule has 5 nitrogen and oxygen atoms in total. The first-order valence-corrected chi connectivity index (χ1v) is 6.28. The van der Waals surface area contributed by atoms with Crippen molar-refractivity contribution in [3.63, 3.8) is 0 Å². The van der Waals surface area contributed by atoms with E-state index < -0.39 is 5.97 Å². The van der Waals surface area contributed by atoms with E-state index in [1.165, 1.54) is 20.0 Å². The molecule has 0 saturated heterocycles. The molecule has 0 radical (unpaired) electrons. The topological polar surface area (TPSA) is 64.1 Å². The summed E-state index contributed by atoms with van der Waals surface area (Å²) in [7, 11) is 1.33. The second-order valence-electron chi connectivity index (χ2n) is 4.91. The van der Waals surface area contributed by atoms with Crippen LogP contribution in [-0.2, 0) is 4.74 Å². The number of hydrogen-bond donors (Lipinski definition) is 1. The van der Waals surface area contributed by atoms with Crippen LogP contribution in [-0.4, -0.2) is 29.6 Å². The number of ether oxygens (including phenoxy) is 1. The Hall–Kier alpha value is -1.65. The molecule has 1 unspecified atom stereocenters. The van der Waals surface area contributed by atoms with E-state index in [2.05, 4.69) is 26.9 Å². The molecule has 1 heterocycles. The number of nitrogens with one attached hydrogen (secondary N) is 1. The summed E-state index contributed by atoms with van der Waals surface area (Å²) in [5.41, 5.74) is 0.756. The third kappa shape index (κ3) is 3.18. The summed E-state index contributed by atoms with van der Waals surface area (Å²) in [6.07, 6.45) is 2.66. The van der Waals surface area contributed by atoms with Crippen LogP contribution in [0, 0.1) is 18.8 Å². The molecule has 0 spiro atoms. The monoisotopic (exact) mass is 249 g/mol. The highest BCUT2D eigenvalue weighted by Crippen LogP contribution is 2.36. The number of nitrogens with zero attached hydrogens (tertiary/aromatic N) is 2. The molecule has 1 aromatic rings. The summed E-state index contributed by atoms with van der Waals surface area (Å²) >= 11 is 0. The molecular weight excluding hydrogens is 230 g/mol. The molecule has 1 aliphatic rings. The molecule has 1 atom stereocenters. The van der Waals surface area contributed by atoms with Crippen molar-refractivity contribution >= 4 is 11.8 Å². The van der Waals surface area contributed by atoms with Gasteiger partial charge in [0.05, 0.1) is 7.11 Å². The second kappa shape index (κ2) is 5.33. The van der Waals surface area contributed by atoms with Gasteiger partial charge in [-0.2, -0.15) is 0 Å². The molecule has 1 aromatic heterocycles. The number of esters is 1. The lowest BCUT2D eigenvalue weighted by molar-refractivity contribution is 0.0586. The van der Waals surface area contributed by atoms with Gasteiger partial charge in [-0.05, 0) is 31.6 Å². The first kappa shape index (κ1) is 12.8. The normalized spacial score (nSPS) is 16.2. The summed E-state index contributed by atoms with van der Waals surface area (Å²) in [4.78, 5) is 19.6. The number of aromatic nitrogens is 2. The molecule has 0 amide bonds. The predicted molar refractivity (Wildman–Crippen MR) is 68.5 cm³/mol. The lowest BCUT2D eigenvalue weighted by Crippen LogP contribution is -2.16. The SMILES string of the molecule is COC(=O)c1nc(C)cc(NCC(C)C2CC2)n1. The summed E-state index contributed by atoms with van der Waals surface area (Å²) in [5, 5.41) is 3.27. The van der Waals surface area contributed by atoms with Gasteiger partial charge in [-0.3, -0.25) is 0 Å². The summed E-state index contributed by atoms with van der Waals surface area (Å²) in [6.45, 7) is 4.95. The predicted octanol–water partition coefficient (Wildman–Crippen LogP) is 2.03. The van der Waals surface area contributed by atoms with E-state index in [-0.39, 0.29) is 5.82 Å². The van der Waals surface area contributed by atoms with Crippen LogP contribution in [0.5, 0.6) is 0 Å². The highest BCUT2D eigenvalue weighted by molar-refractivity contribution is 5.85. The van der Waals surface area contributed by atoms with Crippen LogP contribution in [0.15, 0.2) is 6.07 Å². The zero-order chi connectivity index (χ0) is 13.1. The minimum Gasteiger partial charge on any atom is -0.463 e. The summed E-state index contributed by atoms with van der Waals surface area (Å²) in [6, 6.07) is 1.84. The fraction of sp³-hybridized carbons (Fsp3) is 0.615. The van der Waals surface area contributed by atoms with Crippen LogP contribution >= 0.6 is 0 Å². The van der Waals surface area contributed by atoms with Gasteiger partial charge in [0.25, 0.3) is 0 Å². The van der Waals surface area contributed by atoms with E-state index in [0.717, 1.165) is 18.2 Å². The van der Waals surface area contributed by atoms with Crippen molar-refractivity contribution in [2.24, 2.45) is 11.8 Å². The molecule has 1 fully saturated rings. The van der Waals surface area contributed by atoms with Gasteiger partial charge in [-0.1, -0.05) is 6.92 Å². The van der Waals surface area contributed by atoms with Crippen LogP contribution in [0.1, 0.15) is 36.1 Å². The Kier molecular flexibility index (Phi) is 3.79. The quantitative estimate of drug-likeness (QED) is 0.809. The number of methoxy groups -OCH3 is 1. The Morgan fingerprint density at radius 3 is 2.89 bits per heavy atom. The van der Waals surface area contributed by atoms with Gasteiger partial charge in [0.1, 0.15) is 5.82 Å². The van der Waals surface area contributed by atoms with Crippen LogP contribution in [0.2, 0.25) is 0 Å². The number of hydrogen-bond acceptors (Lipinski definition) is 5. The molecule has 18 heavy (non-hydrogen) atoms. The molecule has 2 rings (SSSR count). The maximum absolute atomic E-state index is 11.4. The van der Waals surface area contributed by atoms with Gasteiger partial charge in [0.15, 0.2) is 0 Å². The van der Waals surface area contributed by atoms with E-state index in [9.17, 15) is 4.79 Å². The van der Waals surface area contributed by atoms with Crippen molar-refractivity contribution in [1.82, 2.24) is 9.97 Å². The Morgan fingerprint density at radius 2 is 2.28 bits per heavy atom. The lowest BCUT2D eigenvalue weighted by Gasteiger charge is -2.12. The van der Waals surface area contributed by atoms with Gasteiger partial charge in [0, 0.05) is 18.3 Å². The molecule has 1 N–H and O–H groups in total.